The first kappa shape index (κ1) is 19.7. The third kappa shape index (κ3) is 4.27. The number of anilines is 1. The van der Waals surface area contributed by atoms with Gasteiger partial charge < -0.3 is 14.5 Å². The van der Waals surface area contributed by atoms with Crippen molar-refractivity contribution in [3.63, 3.8) is 0 Å². The van der Waals surface area contributed by atoms with Crippen LogP contribution in [0.5, 0.6) is 0 Å². The van der Waals surface area contributed by atoms with Gasteiger partial charge in [-0.05, 0) is 36.4 Å². The molecule has 1 fully saturated rings. The predicted molar refractivity (Wildman–Crippen MR) is 97.3 cm³/mol. The highest BCUT2D eigenvalue weighted by molar-refractivity contribution is 5.98. The van der Waals surface area contributed by atoms with Crippen LogP contribution < -0.4 is 4.90 Å². The normalized spacial score (nSPS) is 14.7. The maximum absolute atomic E-state index is 12.9. The third-order valence-corrected chi connectivity index (χ3v) is 4.64. The van der Waals surface area contributed by atoms with Crippen molar-refractivity contribution in [3.8, 4) is 0 Å². The summed E-state index contributed by atoms with van der Waals surface area (Å²) in [6.45, 7) is 1.59. The van der Waals surface area contributed by atoms with E-state index in [-0.39, 0.29) is 11.5 Å². The lowest BCUT2D eigenvalue weighted by Crippen LogP contribution is -2.48. The van der Waals surface area contributed by atoms with E-state index in [2.05, 4.69) is 4.74 Å². The molecule has 0 radical (unpaired) electrons. The number of halogens is 3. The number of nitrogens with zero attached hydrogens (tertiary/aromatic N) is 2. The smallest absolute Gasteiger partial charge is 0.416 e. The molecule has 2 aromatic rings. The fraction of sp³-hybridized carbons (Fsp3) is 0.300. The van der Waals surface area contributed by atoms with E-state index in [4.69, 9.17) is 0 Å². The van der Waals surface area contributed by atoms with Crippen molar-refractivity contribution in [2.45, 2.75) is 6.18 Å². The Kier molecular flexibility index (Phi) is 5.58. The number of esters is 1. The van der Waals surface area contributed by atoms with Gasteiger partial charge >= 0.3 is 12.1 Å². The van der Waals surface area contributed by atoms with Gasteiger partial charge in [-0.15, -0.1) is 0 Å². The van der Waals surface area contributed by atoms with Crippen LogP contribution in [0.15, 0.2) is 48.5 Å². The molecule has 148 valence electrons. The van der Waals surface area contributed by atoms with Gasteiger partial charge in [0.2, 0.25) is 0 Å². The van der Waals surface area contributed by atoms with Crippen molar-refractivity contribution in [2.75, 3.05) is 38.2 Å². The molecule has 0 saturated carbocycles. The first-order valence-corrected chi connectivity index (χ1v) is 8.69. The van der Waals surface area contributed by atoms with Crippen molar-refractivity contribution in [1.82, 2.24) is 4.90 Å². The summed E-state index contributed by atoms with van der Waals surface area (Å²) in [6.07, 6.45) is -4.39. The topological polar surface area (TPSA) is 49.9 Å². The van der Waals surface area contributed by atoms with Gasteiger partial charge in [-0.3, -0.25) is 4.79 Å². The summed E-state index contributed by atoms with van der Waals surface area (Å²) in [6, 6.07) is 11.4. The number of alkyl halides is 3. The predicted octanol–water partition coefficient (Wildman–Crippen LogP) is 3.45. The minimum atomic E-state index is -4.39. The number of carbonyl (C=O) groups excluding carboxylic acids is 2. The van der Waals surface area contributed by atoms with E-state index in [1.165, 1.54) is 19.2 Å². The minimum absolute atomic E-state index is 0.227. The zero-order chi connectivity index (χ0) is 20.3. The molecule has 1 heterocycles. The van der Waals surface area contributed by atoms with E-state index in [1.807, 2.05) is 4.90 Å². The molecule has 0 atom stereocenters. The lowest BCUT2D eigenvalue weighted by molar-refractivity contribution is -0.137. The van der Waals surface area contributed by atoms with Crippen LogP contribution >= 0.6 is 0 Å². The number of carbonyl (C=O) groups is 2. The number of benzene rings is 2. The Morgan fingerprint density at radius 3 is 2.21 bits per heavy atom. The number of methoxy groups -OCH3 is 1. The van der Waals surface area contributed by atoms with E-state index in [1.54, 1.807) is 29.2 Å². The lowest BCUT2D eigenvalue weighted by atomic mass is 10.1. The first-order chi connectivity index (χ1) is 13.3. The summed E-state index contributed by atoms with van der Waals surface area (Å²) in [5.41, 5.74) is 0.448. The summed E-state index contributed by atoms with van der Waals surface area (Å²) >= 11 is 0. The van der Waals surface area contributed by atoms with E-state index in [0.717, 1.165) is 12.1 Å². The average Bonchev–Trinajstić information content (AvgIpc) is 2.72. The fourth-order valence-electron chi connectivity index (χ4n) is 3.13. The van der Waals surface area contributed by atoms with Crippen LogP contribution in [0, 0.1) is 0 Å². The quantitative estimate of drug-likeness (QED) is 0.751. The summed E-state index contributed by atoms with van der Waals surface area (Å²) in [4.78, 5) is 27.8. The molecule has 0 unspecified atom stereocenters. The summed E-state index contributed by atoms with van der Waals surface area (Å²) in [5.74, 6) is -0.751. The second kappa shape index (κ2) is 7.92. The third-order valence-electron chi connectivity index (χ3n) is 4.64. The Balaban J connectivity index is 1.67. The molecule has 1 aliphatic heterocycles. The molecule has 1 saturated heterocycles. The Morgan fingerprint density at radius 1 is 0.929 bits per heavy atom. The highest BCUT2D eigenvalue weighted by Crippen LogP contribution is 2.32. The maximum Gasteiger partial charge on any atom is 0.416 e. The van der Waals surface area contributed by atoms with Crippen molar-refractivity contribution in [3.05, 3.63) is 65.2 Å². The molecule has 0 aromatic heterocycles. The number of ether oxygens (including phenoxy) is 1. The largest absolute Gasteiger partial charge is 0.465 e. The van der Waals surface area contributed by atoms with Gasteiger partial charge in [0.15, 0.2) is 0 Å². The van der Waals surface area contributed by atoms with Gasteiger partial charge in [0.25, 0.3) is 5.91 Å². The number of piperazine rings is 1. The number of amides is 1. The molecule has 0 bridgehead atoms. The highest BCUT2D eigenvalue weighted by atomic mass is 19.4. The number of hydrogen-bond acceptors (Lipinski definition) is 4. The first-order valence-electron chi connectivity index (χ1n) is 8.69. The van der Waals surface area contributed by atoms with E-state index in [9.17, 15) is 22.8 Å². The second-order valence-electron chi connectivity index (χ2n) is 6.40. The summed E-state index contributed by atoms with van der Waals surface area (Å²) in [7, 11) is 1.27. The van der Waals surface area contributed by atoms with Gasteiger partial charge in [-0.2, -0.15) is 13.2 Å². The minimum Gasteiger partial charge on any atom is -0.465 e. The Bertz CT molecular complexity index is 875. The zero-order valence-corrected chi connectivity index (χ0v) is 15.2. The Morgan fingerprint density at radius 2 is 1.57 bits per heavy atom. The van der Waals surface area contributed by atoms with Crippen molar-refractivity contribution < 1.29 is 27.5 Å². The SMILES string of the molecule is COC(=O)c1cccc(C(=O)N2CCN(c3cccc(C(F)(F)F)c3)CC2)c1. The molecule has 1 aliphatic rings. The Labute approximate surface area is 160 Å². The van der Waals surface area contributed by atoms with Crippen LogP contribution in [-0.4, -0.2) is 50.1 Å². The number of rotatable bonds is 3. The molecule has 5 nitrogen and oxygen atoms in total. The standard InChI is InChI=1S/C20H19F3N2O3/c1-28-19(27)15-5-2-4-14(12-15)18(26)25-10-8-24(9-11-25)17-7-3-6-16(13-17)20(21,22)23/h2-7,12-13H,8-11H2,1H3. The van der Waals surface area contributed by atoms with Crippen LogP contribution in [0.1, 0.15) is 26.3 Å². The molecular formula is C20H19F3N2O3. The van der Waals surface area contributed by atoms with Gasteiger partial charge in [-0.25, -0.2) is 4.79 Å². The van der Waals surface area contributed by atoms with Crippen LogP contribution in [0.25, 0.3) is 0 Å². The van der Waals surface area contributed by atoms with Crippen molar-refractivity contribution >= 4 is 17.6 Å². The van der Waals surface area contributed by atoms with E-state index in [0.29, 0.717) is 37.4 Å². The summed E-state index contributed by atoms with van der Waals surface area (Å²) < 4.78 is 43.4. The van der Waals surface area contributed by atoms with Crippen molar-refractivity contribution in [2.24, 2.45) is 0 Å². The molecule has 0 aliphatic carbocycles. The Hall–Kier alpha value is -3.03. The molecule has 8 heteroatoms. The molecule has 28 heavy (non-hydrogen) atoms. The van der Waals surface area contributed by atoms with Crippen molar-refractivity contribution in [1.29, 1.82) is 0 Å². The second-order valence-corrected chi connectivity index (χ2v) is 6.40. The van der Waals surface area contributed by atoms with Gasteiger partial charge in [0, 0.05) is 37.4 Å². The maximum atomic E-state index is 12.9. The monoisotopic (exact) mass is 392 g/mol. The van der Waals surface area contributed by atoms with Gasteiger partial charge in [0.05, 0.1) is 18.2 Å². The van der Waals surface area contributed by atoms with Crippen LogP contribution in [-0.2, 0) is 10.9 Å². The van der Waals surface area contributed by atoms with Crippen LogP contribution in [0.2, 0.25) is 0 Å². The molecule has 3 rings (SSSR count). The zero-order valence-electron chi connectivity index (χ0n) is 15.2. The fourth-order valence-corrected chi connectivity index (χ4v) is 3.13. The van der Waals surface area contributed by atoms with Crippen LogP contribution in [0.4, 0.5) is 18.9 Å². The molecule has 0 N–H and O–H groups in total. The van der Waals surface area contributed by atoms with Crippen LogP contribution in [0.3, 0.4) is 0 Å². The average molecular weight is 392 g/mol. The van der Waals surface area contributed by atoms with E-state index >= 15 is 0 Å². The molecule has 1 amide bonds. The summed E-state index contributed by atoms with van der Waals surface area (Å²) in [5, 5.41) is 0. The number of hydrogen-bond donors (Lipinski definition) is 0. The molecule has 0 spiro atoms. The lowest BCUT2D eigenvalue weighted by Gasteiger charge is -2.36. The molecule has 2 aromatic carbocycles. The van der Waals surface area contributed by atoms with Gasteiger partial charge in [-0.1, -0.05) is 12.1 Å². The highest BCUT2D eigenvalue weighted by Gasteiger charge is 2.31. The van der Waals surface area contributed by atoms with Gasteiger partial charge in [0.1, 0.15) is 0 Å². The van der Waals surface area contributed by atoms with E-state index < -0.39 is 17.7 Å². The molecular weight excluding hydrogens is 373 g/mol.